The predicted octanol–water partition coefficient (Wildman–Crippen LogP) is 8.52. The summed E-state index contributed by atoms with van der Waals surface area (Å²) >= 11 is 0. The molecule has 0 amide bonds. The van der Waals surface area contributed by atoms with Crippen LogP contribution < -0.4 is 0 Å². The Labute approximate surface area is 259 Å². The van der Waals surface area contributed by atoms with Gasteiger partial charge in [-0.05, 0) is 42.8 Å². The Morgan fingerprint density at radius 3 is 2.14 bits per heavy atom. The third-order valence-corrected chi connectivity index (χ3v) is 7.33. The monoisotopic (exact) mass is 723 g/mol. The van der Waals surface area contributed by atoms with Crippen molar-refractivity contribution < 1.29 is 26.2 Å². The van der Waals surface area contributed by atoms with E-state index in [9.17, 15) is 5.11 Å². The van der Waals surface area contributed by atoms with E-state index in [1.165, 1.54) is 5.56 Å². The molecule has 0 aliphatic carbocycles. The van der Waals surface area contributed by atoms with Crippen LogP contribution in [0.3, 0.4) is 0 Å². The van der Waals surface area contributed by atoms with Crippen molar-refractivity contribution in [2.75, 3.05) is 0 Å². The van der Waals surface area contributed by atoms with E-state index in [1.807, 2.05) is 66.9 Å². The fourth-order valence-electron chi connectivity index (χ4n) is 5.38. The summed E-state index contributed by atoms with van der Waals surface area (Å²) in [7, 11) is 0. The second-order valence-corrected chi connectivity index (χ2v) is 9.95. The van der Waals surface area contributed by atoms with Crippen LogP contribution in [0.15, 0.2) is 140 Å². The summed E-state index contributed by atoms with van der Waals surface area (Å²) in [6.07, 6.45) is 2.61. The number of phenols is 1. The summed E-state index contributed by atoms with van der Waals surface area (Å²) in [5.41, 5.74) is 9.62. The van der Waals surface area contributed by atoms with Crippen molar-refractivity contribution in [3.63, 3.8) is 0 Å². The van der Waals surface area contributed by atoms with Crippen LogP contribution in [0.2, 0.25) is 0 Å². The van der Waals surface area contributed by atoms with E-state index in [-0.39, 0.29) is 26.8 Å². The third kappa shape index (κ3) is 5.18. The normalized spacial score (nSPS) is 10.9. The number of para-hydroxylation sites is 3. The molecule has 0 saturated heterocycles. The van der Waals surface area contributed by atoms with Crippen molar-refractivity contribution in [1.29, 1.82) is 0 Å². The Balaban J connectivity index is 0.00000316. The summed E-state index contributed by atoms with van der Waals surface area (Å²) in [5, 5.41) is 10.8. The first kappa shape index (κ1) is 27.4. The Bertz CT molecular complexity index is 1970. The molecule has 5 aromatic carbocycles. The maximum absolute atomic E-state index is 10.8. The van der Waals surface area contributed by atoms with Gasteiger partial charge in [-0.1, -0.05) is 102 Å². The number of imidazole rings is 1. The van der Waals surface area contributed by atoms with Gasteiger partial charge in [0.05, 0.1) is 16.6 Å². The van der Waals surface area contributed by atoms with Crippen LogP contribution in [-0.2, 0) is 27.5 Å². The van der Waals surface area contributed by atoms with E-state index < -0.39 is 0 Å². The van der Waals surface area contributed by atoms with E-state index in [0.717, 1.165) is 51.1 Å². The third-order valence-electron chi connectivity index (χ3n) is 7.33. The molecule has 0 saturated carbocycles. The van der Waals surface area contributed by atoms with Crippen molar-refractivity contribution in [3.05, 3.63) is 157 Å². The van der Waals surface area contributed by atoms with Gasteiger partial charge in [0.1, 0.15) is 11.6 Å². The van der Waals surface area contributed by atoms with Gasteiger partial charge >= 0.3 is 0 Å². The van der Waals surface area contributed by atoms with Crippen LogP contribution in [0.25, 0.3) is 50.5 Å². The van der Waals surface area contributed by atoms with E-state index in [1.54, 1.807) is 6.07 Å². The minimum absolute atomic E-state index is 0. The summed E-state index contributed by atoms with van der Waals surface area (Å²) < 4.78 is 2.11. The smallest absolute Gasteiger partial charge is 0.148 e. The number of nitrogens with zero attached hydrogens (tertiary/aromatic N) is 3. The van der Waals surface area contributed by atoms with E-state index in [0.29, 0.717) is 11.4 Å². The largest absolute Gasteiger partial charge is 0.507 e. The summed E-state index contributed by atoms with van der Waals surface area (Å²) in [6, 6.07) is 48.2. The SMILES string of the molecule is Oc1ccccc1-c1nc2c(-c3[c-]c(-c4ccccn4)c(Cc4ccccc4)cc3)cccc2n1-c1ccccc1.[Pt]. The van der Waals surface area contributed by atoms with Gasteiger partial charge in [-0.15, -0.1) is 29.3 Å². The van der Waals surface area contributed by atoms with Gasteiger partial charge in [0, 0.05) is 38.6 Å². The van der Waals surface area contributed by atoms with Crippen molar-refractivity contribution in [2.45, 2.75) is 6.42 Å². The summed E-state index contributed by atoms with van der Waals surface area (Å²) in [4.78, 5) is 9.83. The predicted molar refractivity (Wildman–Crippen MR) is 165 cm³/mol. The van der Waals surface area contributed by atoms with Gasteiger partial charge in [0.25, 0.3) is 0 Å². The molecule has 206 valence electrons. The molecule has 7 aromatic rings. The molecule has 1 N–H and O–H groups in total. The first-order valence-corrected chi connectivity index (χ1v) is 13.6. The number of rotatable bonds is 6. The number of hydrogen-bond donors (Lipinski definition) is 1. The van der Waals surface area contributed by atoms with Gasteiger partial charge in [0.2, 0.25) is 0 Å². The molecule has 2 heterocycles. The second-order valence-electron chi connectivity index (χ2n) is 9.95. The molecule has 7 rings (SSSR count). The molecule has 0 aliphatic heterocycles. The molecule has 2 aromatic heterocycles. The number of phenolic OH excluding ortho intramolecular Hbond substituents is 1. The molecule has 42 heavy (non-hydrogen) atoms. The van der Waals surface area contributed by atoms with Gasteiger partial charge in [0.15, 0.2) is 0 Å². The van der Waals surface area contributed by atoms with E-state index >= 15 is 0 Å². The Kier molecular flexibility index (Phi) is 7.81. The first-order chi connectivity index (χ1) is 20.3. The van der Waals surface area contributed by atoms with E-state index in [4.69, 9.17) is 4.98 Å². The van der Waals surface area contributed by atoms with Crippen molar-refractivity contribution >= 4 is 11.0 Å². The van der Waals surface area contributed by atoms with E-state index in [2.05, 4.69) is 82.3 Å². The molecule has 0 fully saturated rings. The Hall–Kier alpha value is -4.79. The number of aromatic nitrogens is 3. The average Bonchev–Trinajstić information content (AvgIpc) is 3.42. The number of aromatic hydroxyl groups is 1. The molecular formula is C37H26N3OPt-. The zero-order chi connectivity index (χ0) is 27.6. The maximum atomic E-state index is 10.8. The standard InChI is InChI=1S/C37H26N3O.Pt/c41-35-20-8-7-16-31(35)37-39-36-30(17-11-19-34(36)40(37)29-14-5-2-6-15-29)28-22-21-27(24-26-12-3-1-4-13-26)32(25-28)33-18-9-10-23-38-33;/h1-23,41H,24H2;/q-1;. The molecule has 0 atom stereocenters. The topological polar surface area (TPSA) is 50.9 Å². The van der Waals surface area contributed by atoms with Gasteiger partial charge in [-0.2, -0.15) is 0 Å². The van der Waals surface area contributed by atoms with Crippen molar-refractivity contribution in [1.82, 2.24) is 14.5 Å². The van der Waals surface area contributed by atoms with Crippen molar-refractivity contribution in [2.24, 2.45) is 0 Å². The number of fused-ring (bicyclic) bond motifs is 1. The zero-order valence-corrected chi connectivity index (χ0v) is 24.9. The number of hydrogen-bond acceptors (Lipinski definition) is 3. The van der Waals surface area contributed by atoms with Gasteiger partial charge < -0.3 is 5.11 Å². The molecule has 0 unspecified atom stereocenters. The second kappa shape index (κ2) is 12.0. The molecule has 0 bridgehead atoms. The van der Waals surface area contributed by atoms with Crippen LogP contribution >= 0.6 is 0 Å². The van der Waals surface area contributed by atoms with Crippen molar-refractivity contribution in [3.8, 4) is 45.2 Å². The molecule has 5 heteroatoms. The Morgan fingerprint density at radius 2 is 1.38 bits per heavy atom. The minimum atomic E-state index is 0. The zero-order valence-electron chi connectivity index (χ0n) is 22.6. The molecule has 0 aliphatic rings. The van der Waals surface area contributed by atoms with Crippen LogP contribution in [-0.4, -0.2) is 19.6 Å². The molecule has 4 nitrogen and oxygen atoms in total. The Morgan fingerprint density at radius 1 is 0.667 bits per heavy atom. The minimum Gasteiger partial charge on any atom is -0.507 e. The summed E-state index contributed by atoms with van der Waals surface area (Å²) in [5.74, 6) is 0.873. The fourth-order valence-corrected chi connectivity index (χ4v) is 5.38. The van der Waals surface area contributed by atoms with Crippen LogP contribution in [0.4, 0.5) is 0 Å². The number of benzene rings is 5. The average molecular weight is 724 g/mol. The van der Waals surface area contributed by atoms with Crippen LogP contribution in [0.5, 0.6) is 5.75 Å². The maximum Gasteiger partial charge on any atom is 0.148 e. The number of pyridine rings is 1. The molecular weight excluding hydrogens is 698 g/mol. The molecule has 0 radical (unpaired) electrons. The van der Waals surface area contributed by atoms with Crippen LogP contribution in [0.1, 0.15) is 11.1 Å². The summed E-state index contributed by atoms with van der Waals surface area (Å²) in [6.45, 7) is 0. The van der Waals surface area contributed by atoms with Gasteiger partial charge in [-0.3, -0.25) is 9.55 Å². The van der Waals surface area contributed by atoms with Crippen LogP contribution in [0, 0.1) is 6.07 Å². The van der Waals surface area contributed by atoms with Gasteiger partial charge in [-0.25, -0.2) is 4.98 Å². The first-order valence-electron chi connectivity index (χ1n) is 13.6. The quantitative estimate of drug-likeness (QED) is 0.175. The molecule has 0 spiro atoms. The fraction of sp³-hybridized carbons (Fsp3) is 0.0270.